The Hall–Kier alpha value is -1.79. The molecule has 118 valence electrons. The molecule has 0 N–H and O–H groups in total. The second-order valence-corrected chi connectivity index (χ2v) is 4.24. The number of rotatable bonds is 9. The molecular weight excluding hydrogens is 274 g/mol. The van der Waals surface area contributed by atoms with Gasteiger partial charge >= 0.3 is 0 Å². The van der Waals surface area contributed by atoms with Gasteiger partial charge in [0.2, 0.25) is 0 Å². The monoisotopic (exact) mass is 297 g/mol. The highest BCUT2D eigenvalue weighted by atomic mass is 16.7. The molecule has 1 rings (SSSR count). The van der Waals surface area contributed by atoms with E-state index < -0.39 is 0 Å². The van der Waals surface area contributed by atoms with Crippen molar-refractivity contribution in [3.05, 3.63) is 23.8 Å². The summed E-state index contributed by atoms with van der Waals surface area (Å²) in [5, 5.41) is 0. The third-order valence-electron chi connectivity index (χ3n) is 2.91. The molecule has 0 bridgehead atoms. The molecule has 0 aromatic heterocycles. The highest BCUT2D eigenvalue weighted by Crippen LogP contribution is 2.29. The molecule has 0 fully saturated rings. The predicted octanol–water partition coefficient (Wildman–Crippen LogP) is 2.13. The van der Waals surface area contributed by atoms with E-state index >= 15 is 0 Å². The molecule has 1 aromatic carbocycles. The molecule has 0 radical (unpaired) electrons. The van der Waals surface area contributed by atoms with Gasteiger partial charge in [-0.15, -0.1) is 0 Å². The smallest absolute Gasteiger partial charge is 0.253 e. The summed E-state index contributed by atoms with van der Waals surface area (Å²) in [4.78, 5) is 14.1. The Morgan fingerprint density at radius 1 is 1.00 bits per heavy atom. The normalized spacial score (nSPS) is 10.3. The number of carbonyl (C=O) groups is 1. The zero-order valence-corrected chi connectivity index (χ0v) is 13.0. The molecule has 0 saturated heterocycles. The summed E-state index contributed by atoms with van der Waals surface area (Å²) >= 11 is 0. The highest BCUT2D eigenvalue weighted by Gasteiger charge is 2.15. The molecule has 21 heavy (non-hydrogen) atoms. The van der Waals surface area contributed by atoms with E-state index in [1.54, 1.807) is 23.1 Å². The number of methoxy groups -OCH3 is 2. The van der Waals surface area contributed by atoms with Crippen LogP contribution in [0.3, 0.4) is 0 Å². The maximum atomic E-state index is 12.3. The van der Waals surface area contributed by atoms with Crippen LogP contribution in [0.5, 0.6) is 11.5 Å². The number of amides is 1. The van der Waals surface area contributed by atoms with Crippen molar-refractivity contribution in [3.63, 3.8) is 0 Å². The van der Waals surface area contributed by atoms with E-state index in [4.69, 9.17) is 18.9 Å². The summed E-state index contributed by atoms with van der Waals surface area (Å²) in [6, 6.07) is 5.07. The second-order valence-electron chi connectivity index (χ2n) is 4.24. The standard InChI is InChI=1S/C15H23NO5/c1-5-16(6-2)15(17)12-7-8-13(20-10-18-3)14(9-12)21-11-19-4/h7-9H,5-6,10-11H2,1-4H3. The molecule has 6 nitrogen and oxygen atoms in total. The number of hydrogen-bond donors (Lipinski definition) is 0. The van der Waals surface area contributed by atoms with E-state index in [2.05, 4.69) is 0 Å². The van der Waals surface area contributed by atoms with E-state index in [0.29, 0.717) is 30.2 Å². The molecular formula is C15H23NO5. The molecule has 1 aromatic rings. The molecule has 0 saturated carbocycles. The Morgan fingerprint density at radius 2 is 1.57 bits per heavy atom. The first-order valence-corrected chi connectivity index (χ1v) is 6.84. The van der Waals surface area contributed by atoms with E-state index in [-0.39, 0.29) is 19.5 Å². The van der Waals surface area contributed by atoms with Gasteiger partial charge in [0.25, 0.3) is 5.91 Å². The summed E-state index contributed by atoms with van der Waals surface area (Å²) in [6.07, 6.45) is 0. The highest BCUT2D eigenvalue weighted by molar-refractivity contribution is 5.94. The molecule has 0 unspecified atom stereocenters. The average Bonchev–Trinajstić information content (AvgIpc) is 2.52. The molecule has 1 amide bonds. The van der Waals surface area contributed by atoms with Crippen LogP contribution in [0.2, 0.25) is 0 Å². The van der Waals surface area contributed by atoms with Crippen molar-refractivity contribution in [2.24, 2.45) is 0 Å². The maximum Gasteiger partial charge on any atom is 0.253 e. The van der Waals surface area contributed by atoms with E-state index in [1.165, 1.54) is 14.2 Å². The quantitative estimate of drug-likeness (QED) is 0.654. The van der Waals surface area contributed by atoms with Crippen LogP contribution >= 0.6 is 0 Å². The van der Waals surface area contributed by atoms with Gasteiger partial charge in [-0.3, -0.25) is 4.79 Å². The van der Waals surface area contributed by atoms with Crippen molar-refractivity contribution in [3.8, 4) is 11.5 Å². The molecule has 0 spiro atoms. The van der Waals surface area contributed by atoms with Crippen molar-refractivity contribution in [2.75, 3.05) is 40.9 Å². The van der Waals surface area contributed by atoms with Crippen molar-refractivity contribution < 1.29 is 23.7 Å². The number of nitrogens with zero attached hydrogens (tertiary/aromatic N) is 1. The van der Waals surface area contributed by atoms with Crippen LogP contribution in [0.1, 0.15) is 24.2 Å². The Kier molecular flexibility index (Phi) is 7.56. The Morgan fingerprint density at radius 3 is 2.10 bits per heavy atom. The second kappa shape index (κ2) is 9.20. The lowest BCUT2D eigenvalue weighted by Gasteiger charge is -2.19. The van der Waals surface area contributed by atoms with Crippen molar-refractivity contribution in [2.45, 2.75) is 13.8 Å². The van der Waals surface area contributed by atoms with Crippen LogP contribution in [0.25, 0.3) is 0 Å². The van der Waals surface area contributed by atoms with E-state index in [0.717, 1.165) is 0 Å². The van der Waals surface area contributed by atoms with Gasteiger partial charge in [0.1, 0.15) is 0 Å². The van der Waals surface area contributed by atoms with E-state index in [9.17, 15) is 4.79 Å². The van der Waals surface area contributed by atoms with Crippen molar-refractivity contribution in [1.29, 1.82) is 0 Å². The lowest BCUT2D eigenvalue weighted by molar-refractivity contribution is 0.0321. The minimum absolute atomic E-state index is 0.0411. The van der Waals surface area contributed by atoms with Gasteiger partial charge in [-0.05, 0) is 32.0 Å². The fourth-order valence-corrected chi connectivity index (χ4v) is 1.81. The summed E-state index contributed by atoms with van der Waals surface area (Å²) in [7, 11) is 3.06. The van der Waals surface area contributed by atoms with Gasteiger partial charge in [-0.1, -0.05) is 0 Å². The third-order valence-corrected chi connectivity index (χ3v) is 2.91. The number of benzene rings is 1. The fourth-order valence-electron chi connectivity index (χ4n) is 1.81. The molecule has 0 atom stereocenters. The van der Waals surface area contributed by atoms with Crippen molar-refractivity contribution in [1.82, 2.24) is 4.90 Å². The van der Waals surface area contributed by atoms with Crippen LogP contribution in [0, 0.1) is 0 Å². The minimum atomic E-state index is -0.0411. The Balaban J connectivity index is 2.99. The fraction of sp³-hybridized carbons (Fsp3) is 0.533. The van der Waals surface area contributed by atoms with Crippen LogP contribution in [0.4, 0.5) is 0 Å². The predicted molar refractivity (Wildman–Crippen MR) is 78.7 cm³/mol. The Bertz CT molecular complexity index is 446. The first kappa shape index (κ1) is 17.3. The molecule has 0 aliphatic heterocycles. The number of ether oxygens (including phenoxy) is 4. The summed E-state index contributed by atoms with van der Waals surface area (Å²) in [6.45, 7) is 5.38. The number of carbonyl (C=O) groups excluding carboxylic acids is 1. The topological polar surface area (TPSA) is 57.2 Å². The van der Waals surface area contributed by atoms with Gasteiger partial charge < -0.3 is 23.8 Å². The summed E-state index contributed by atoms with van der Waals surface area (Å²) < 4.78 is 20.6. The Labute approximate surface area is 125 Å². The number of hydrogen-bond acceptors (Lipinski definition) is 5. The molecule has 6 heteroatoms. The first-order chi connectivity index (χ1) is 10.2. The van der Waals surface area contributed by atoms with Gasteiger partial charge in [0.05, 0.1) is 0 Å². The van der Waals surface area contributed by atoms with Gasteiger partial charge in [-0.25, -0.2) is 0 Å². The van der Waals surface area contributed by atoms with Gasteiger partial charge in [0, 0.05) is 32.9 Å². The lowest BCUT2D eigenvalue weighted by atomic mass is 10.1. The van der Waals surface area contributed by atoms with E-state index in [1.807, 2.05) is 13.8 Å². The maximum absolute atomic E-state index is 12.3. The zero-order chi connectivity index (χ0) is 15.7. The van der Waals surface area contributed by atoms with Crippen LogP contribution in [0.15, 0.2) is 18.2 Å². The molecule has 0 aliphatic carbocycles. The average molecular weight is 297 g/mol. The first-order valence-electron chi connectivity index (χ1n) is 6.84. The third kappa shape index (κ3) is 4.91. The van der Waals surface area contributed by atoms with Gasteiger partial charge in [-0.2, -0.15) is 0 Å². The van der Waals surface area contributed by atoms with Gasteiger partial charge in [0.15, 0.2) is 25.1 Å². The van der Waals surface area contributed by atoms with Crippen LogP contribution in [-0.4, -0.2) is 51.7 Å². The van der Waals surface area contributed by atoms with Crippen LogP contribution < -0.4 is 9.47 Å². The van der Waals surface area contributed by atoms with Crippen molar-refractivity contribution >= 4 is 5.91 Å². The summed E-state index contributed by atoms with van der Waals surface area (Å²) in [5.41, 5.74) is 0.551. The van der Waals surface area contributed by atoms with Crippen LogP contribution in [-0.2, 0) is 9.47 Å². The summed E-state index contributed by atoms with van der Waals surface area (Å²) in [5.74, 6) is 0.914. The zero-order valence-electron chi connectivity index (χ0n) is 13.0. The molecule has 0 aliphatic rings. The molecule has 0 heterocycles. The largest absolute Gasteiger partial charge is 0.464 e. The lowest BCUT2D eigenvalue weighted by Crippen LogP contribution is -2.30. The minimum Gasteiger partial charge on any atom is -0.464 e. The SMILES string of the molecule is CCN(CC)C(=O)c1ccc(OCOC)c(OCOC)c1.